The van der Waals surface area contributed by atoms with Crippen LogP contribution in [0.25, 0.3) is 0 Å². The van der Waals surface area contributed by atoms with Crippen molar-refractivity contribution in [1.29, 1.82) is 0 Å². The molecule has 0 bridgehead atoms. The molecule has 2 rings (SSSR count). The van der Waals surface area contributed by atoms with Crippen LogP contribution in [0, 0.1) is 5.82 Å². The summed E-state index contributed by atoms with van der Waals surface area (Å²) in [5, 5.41) is 5.41. The molecular formula is C15H19BrFN3S. The van der Waals surface area contributed by atoms with Crippen LogP contribution >= 0.6 is 27.3 Å². The quantitative estimate of drug-likeness (QED) is 0.801. The molecular weight excluding hydrogens is 353 g/mol. The Morgan fingerprint density at radius 2 is 2.29 bits per heavy atom. The predicted molar refractivity (Wildman–Crippen MR) is 89.0 cm³/mol. The maximum Gasteiger partial charge on any atom is 0.141 e. The highest BCUT2D eigenvalue weighted by molar-refractivity contribution is 9.11. The van der Waals surface area contributed by atoms with Crippen LogP contribution in [0.15, 0.2) is 33.6 Å². The summed E-state index contributed by atoms with van der Waals surface area (Å²) in [4.78, 5) is 6.43. The summed E-state index contributed by atoms with van der Waals surface area (Å²) < 4.78 is 14.1. The molecule has 2 aromatic rings. The number of thiophene rings is 1. The van der Waals surface area contributed by atoms with Crippen molar-refractivity contribution < 1.29 is 4.39 Å². The van der Waals surface area contributed by atoms with Crippen LogP contribution in [0.1, 0.15) is 23.7 Å². The standard InChI is InChI=1S/C15H19BrFN3S/c1-18-13(14-4-3-12(17)8-19-14)5-6-20(2)9-11-7-15(16)21-10-11/h3-4,7-8,10,13,18H,5-6,9H2,1-2H3. The molecule has 2 aromatic heterocycles. The van der Waals surface area contributed by atoms with Gasteiger partial charge in [-0.1, -0.05) is 0 Å². The van der Waals surface area contributed by atoms with E-state index in [-0.39, 0.29) is 11.9 Å². The van der Waals surface area contributed by atoms with E-state index in [2.05, 4.69) is 49.6 Å². The van der Waals surface area contributed by atoms with Crippen molar-refractivity contribution in [3.8, 4) is 0 Å². The number of rotatable bonds is 7. The Kier molecular flexibility index (Phi) is 6.29. The fourth-order valence-corrected chi connectivity index (χ4v) is 3.40. The topological polar surface area (TPSA) is 28.2 Å². The first-order chi connectivity index (χ1) is 10.1. The fraction of sp³-hybridized carbons (Fsp3) is 0.400. The van der Waals surface area contributed by atoms with Crippen LogP contribution in [0.3, 0.4) is 0 Å². The highest BCUT2D eigenvalue weighted by Crippen LogP contribution is 2.22. The molecule has 114 valence electrons. The minimum atomic E-state index is -0.297. The lowest BCUT2D eigenvalue weighted by Gasteiger charge is -2.21. The Balaban J connectivity index is 1.86. The van der Waals surface area contributed by atoms with Crippen molar-refractivity contribution in [3.05, 3.63) is 50.6 Å². The van der Waals surface area contributed by atoms with Gasteiger partial charge in [0.2, 0.25) is 0 Å². The molecule has 0 spiro atoms. The zero-order valence-corrected chi connectivity index (χ0v) is 14.5. The van der Waals surface area contributed by atoms with Crippen LogP contribution in [-0.4, -0.2) is 30.5 Å². The molecule has 0 aliphatic heterocycles. The van der Waals surface area contributed by atoms with Gasteiger partial charge in [-0.25, -0.2) is 4.39 Å². The molecule has 0 aliphatic rings. The Morgan fingerprint density at radius 3 is 2.86 bits per heavy atom. The molecule has 2 heterocycles. The molecule has 21 heavy (non-hydrogen) atoms. The average Bonchev–Trinajstić information content (AvgIpc) is 2.86. The van der Waals surface area contributed by atoms with Gasteiger partial charge in [-0.05, 0) is 65.6 Å². The monoisotopic (exact) mass is 371 g/mol. The summed E-state index contributed by atoms with van der Waals surface area (Å²) in [6.45, 7) is 1.87. The number of hydrogen-bond donors (Lipinski definition) is 1. The third-order valence-corrected chi connectivity index (χ3v) is 4.88. The molecule has 0 saturated carbocycles. The van der Waals surface area contributed by atoms with Crippen LogP contribution in [0.2, 0.25) is 0 Å². The molecule has 1 N–H and O–H groups in total. The zero-order chi connectivity index (χ0) is 15.2. The van der Waals surface area contributed by atoms with E-state index in [1.807, 2.05) is 7.05 Å². The highest BCUT2D eigenvalue weighted by atomic mass is 79.9. The van der Waals surface area contributed by atoms with Crippen molar-refractivity contribution in [2.45, 2.75) is 19.0 Å². The van der Waals surface area contributed by atoms with Gasteiger partial charge in [-0.2, -0.15) is 0 Å². The number of nitrogens with one attached hydrogen (secondary N) is 1. The normalized spacial score (nSPS) is 12.8. The fourth-order valence-electron chi connectivity index (χ4n) is 2.20. The minimum Gasteiger partial charge on any atom is -0.312 e. The van der Waals surface area contributed by atoms with Gasteiger partial charge in [0.1, 0.15) is 5.82 Å². The summed E-state index contributed by atoms with van der Waals surface area (Å²) in [5.41, 5.74) is 2.20. The van der Waals surface area contributed by atoms with Gasteiger partial charge in [-0.3, -0.25) is 4.98 Å². The van der Waals surface area contributed by atoms with E-state index in [1.54, 1.807) is 17.4 Å². The molecule has 0 aliphatic carbocycles. The number of pyridine rings is 1. The average molecular weight is 372 g/mol. The van der Waals surface area contributed by atoms with E-state index in [4.69, 9.17) is 0 Å². The Morgan fingerprint density at radius 1 is 1.48 bits per heavy atom. The van der Waals surface area contributed by atoms with Crippen LogP contribution in [-0.2, 0) is 6.54 Å². The second kappa shape index (κ2) is 7.98. The van der Waals surface area contributed by atoms with Gasteiger partial charge in [0.25, 0.3) is 0 Å². The second-order valence-corrected chi connectivity index (χ2v) is 7.32. The molecule has 1 atom stereocenters. The lowest BCUT2D eigenvalue weighted by atomic mass is 10.1. The number of nitrogens with zero attached hydrogens (tertiary/aromatic N) is 2. The van der Waals surface area contributed by atoms with Gasteiger partial charge in [0.15, 0.2) is 0 Å². The maximum absolute atomic E-state index is 12.9. The van der Waals surface area contributed by atoms with Crippen molar-refractivity contribution in [3.63, 3.8) is 0 Å². The third kappa shape index (κ3) is 5.14. The summed E-state index contributed by atoms with van der Waals surface area (Å²) in [7, 11) is 4.02. The SMILES string of the molecule is CNC(CCN(C)Cc1csc(Br)c1)c1ccc(F)cn1. The molecule has 0 fully saturated rings. The van der Waals surface area contributed by atoms with Gasteiger partial charge < -0.3 is 10.2 Å². The number of aromatic nitrogens is 1. The molecule has 0 saturated heterocycles. The smallest absolute Gasteiger partial charge is 0.141 e. The van der Waals surface area contributed by atoms with E-state index < -0.39 is 0 Å². The summed E-state index contributed by atoms with van der Waals surface area (Å²) in [6.07, 6.45) is 2.20. The van der Waals surface area contributed by atoms with Gasteiger partial charge in [0.05, 0.1) is 21.7 Å². The molecule has 3 nitrogen and oxygen atoms in total. The lowest BCUT2D eigenvalue weighted by Crippen LogP contribution is -2.25. The van der Waals surface area contributed by atoms with Gasteiger partial charge >= 0.3 is 0 Å². The van der Waals surface area contributed by atoms with Crippen molar-refractivity contribution in [2.24, 2.45) is 0 Å². The van der Waals surface area contributed by atoms with Crippen molar-refractivity contribution in [1.82, 2.24) is 15.2 Å². The van der Waals surface area contributed by atoms with E-state index in [0.29, 0.717) is 0 Å². The lowest BCUT2D eigenvalue weighted by molar-refractivity contribution is 0.303. The third-order valence-electron chi connectivity index (χ3n) is 3.33. The van der Waals surface area contributed by atoms with Crippen molar-refractivity contribution >= 4 is 27.3 Å². The van der Waals surface area contributed by atoms with Gasteiger partial charge in [-0.15, -0.1) is 11.3 Å². The van der Waals surface area contributed by atoms with E-state index in [1.165, 1.54) is 17.8 Å². The first kappa shape index (κ1) is 16.5. The van der Waals surface area contributed by atoms with E-state index in [9.17, 15) is 4.39 Å². The number of halogens is 2. The van der Waals surface area contributed by atoms with Crippen LogP contribution in [0.5, 0.6) is 0 Å². The zero-order valence-electron chi connectivity index (χ0n) is 12.1. The number of hydrogen-bond acceptors (Lipinski definition) is 4. The Bertz CT molecular complexity index is 558. The summed E-state index contributed by atoms with van der Waals surface area (Å²) in [5.74, 6) is -0.297. The predicted octanol–water partition coefficient (Wildman–Crippen LogP) is 3.83. The molecule has 6 heteroatoms. The summed E-state index contributed by atoms with van der Waals surface area (Å²) in [6, 6.07) is 5.49. The molecule has 0 amide bonds. The van der Waals surface area contributed by atoms with E-state index in [0.717, 1.165) is 29.0 Å². The van der Waals surface area contributed by atoms with E-state index >= 15 is 0 Å². The van der Waals surface area contributed by atoms with Crippen LogP contribution in [0.4, 0.5) is 4.39 Å². The molecule has 0 radical (unpaired) electrons. The maximum atomic E-state index is 12.9. The first-order valence-corrected chi connectivity index (χ1v) is 8.46. The molecule has 0 aromatic carbocycles. The Hall–Kier alpha value is -0.820. The summed E-state index contributed by atoms with van der Waals surface area (Å²) >= 11 is 5.19. The molecule has 1 unspecified atom stereocenters. The largest absolute Gasteiger partial charge is 0.312 e. The van der Waals surface area contributed by atoms with Gasteiger partial charge in [0, 0.05) is 13.1 Å². The minimum absolute atomic E-state index is 0.141. The van der Waals surface area contributed by atoms with Crippen molar-refractivity contribution in [2.75, 3.05) is 20.6 Å². The van der Waals surface area contributed by atoms with Crippen LogP contribution < -0.4 is 5.32 Å². The first-order valence-electron chi connectivity index (χ1n) is 6.78. The second-order valence-electron chi connectivity index (χ2n) is 5.03. The Labute approximate surface area is 137 Å². The highest BCUT2D eigenvalue weighted by Gasteiger charge is 2.12.